The Bertz CT molecular complexity index is 506. The molecule has 1 saturated heterocycles. The van der Waals surface area contributed by atoms with Crippen molar-refractivity contribution in [3.05, 3.63) is 36.2 Å². The first-order valence-corrected chi connectivity index (χ1v) is 9.01. The van der Waals surface area contributed by atoms with Crippen LogP contribution in [0, 0.1) is 29.1 Å². The maximum Gasteiger partial charge on any atom is 0.160 e. The molecule has 4 unspecified atom stereocenters. The second-order valence-electron chi connectivity index (χ2n) is 6.88. The Balaban J connectivity index is 1.96. The number of halogens is 1. The van der Waals surface area contributed by atoms with Crippen LogP contribution in [-0.2, 0) is 9.47 Å². The van der Waals surface area contributed by atoms with Gasteiger partial charge in [0.15, 0.2) is 6.29 Å². The van der Waals surface area contributed by atoms with Crippen LogP contribution in [-0.4, -0.2) is 19.5 Å². The van der Waals surface area contributed by atoms with E-state index < -0.39 is 0 Å². The lowest BCUT2D eigenvalue weighted by molar-refractivity contribution is -0.162. The molecule has 0 aromatic heterocycles. The van der Waals surface area contributed by atoms with Gasteiger partial charge in [-0.05, 0) is 55.6 Å². The van der Waals surface area contributed by atoms with Crippen molar-refractivity contribution in [2.75, 3.05) is 13.2 Å². The molecule has 0 aromatic carbocycles. The SMILES string of the molecule is CC1CCOC(C2CCCC(C(=C/C=C/C#N)/C=C/F)CC2)OC1. The van der Waals surface area contributed by atoms with E-state index in [9.17, 15) is 4.39 Å². The standard InChI is InChI=1S/C20H28FNO2/c1-16-11-14-23-20(24-15-16)19-7-4-6-17(8-9-19)18(10-12-21)5-2-3-13-22/h2-3,5,10,12,16-17,19-20H,4,6-9,11,14-15H2,1H3/b3-2+,12-10+,18-5+. The Labute approximate surface area is 144 Å². The van der Waals surface area contributed by atoms with Crippen molar-refractivity contribution in [3.8, 4) is 6.07 Å². The molecule has 24 heavy (non-hydrogen) atoms. The van der Waals surface area contributed by atoms with Gasteiger partial charge in [0.25, 0.3) is 0 Å². The van der Waals surface area contributed by atoms with Crippen molar-refractivity contribution in [3.63, 3.8) is 0 Å². The molecule has 0 spiro atoms. The average molecular weight is 333 g/mol. The summed E-state index contributed by atoms with van der Waals surface area (Å²) in [4.78, 5) is 0. The summed E-state index contributed by atoms with van der Waals surface area (Å²) < 4.78 is 24.6. The number of nitrogens with zero attached hydrogens (tertiary/aromatic N) is 1. The van der Waals surface area contributed by atoms with Crippen LogP contribution in [0.3, 0.4) is 0 Å². The largest absolute Gasteiger partial charge is 0.352 e. The van der Waals surface area contributed by atoms with Gasteiger partial charge in [-0.15, -0.1) is 0 Å². The first-order chi connectivity index (χ1) is 11.7. The predicted octanol–water partition coefficient (Wildman–Crippen LogP) is 5.07. The summed E-state index contributed by atoms with van der Waals surface area (Å²) in [6, 6.07) is 1.96. The fourth-order valence-corrected chi connectivity index (χ4v) is 3.59. The van der Waals surface area contributed by atoms with Crippen LogP contribution >= 0.6 is 0 Å². The van der Waals surface area contributed by atoms with Gasteiger partial charge in [-0.2, -0.15) is 5.26 Å². The van der Waals surface area contributed by atoms with E-state index in [0.29, 0.717) is 24.1 Å². The third-order valence-corrected chi connectivity index (χ3v) is 5.02. The molecule has 0 amide bonds. The van der Waals surface area contributed by atoms with Crippen LogP contribution in [0.15, 0.2) is 36.2 Å². The second kappa shape index (κ2) is 10.4. The van der Waals surface area contributed by atoms with E-state index in [4.69, 9.17) is 14.7 Å². The molecule has 3 nitrogen and oxygen atoms in total. The number of allylic oxidation sites excluding steroid dienone is 5. The summed E-state index contributed by atoms with van der Waals surface area (Å²) in [7, 11) is 0. The fraction of sp³-hybridized carbons (Fsp3) is 0.650. The molecule has 0 N–H and O–H groups in total. The van der Waals surface area contributed by atoms with Crippen LogP contribution in [0.4, 0.5) is 4.39 Å². The third-order valence-electron chi connectivity index (χ3n) is 5.02. The van der Waals surface area contributed by atoms with Gasteiger partial charge in [0.1, 0.15) is 0 Å². The summed E-state index contributed by atoms with van der Waals surface area (Å²) in [5.41, 5.74) is 0.959. The summed E-state index contributed by atoms with van der Waals surface area (Å²) in [6.07, 6.45) is 13.3. The van der Waals surface area contributed by atoms with Gasteiger partial charge < -0.3 is 9.47 Å². The highest BCUT2D eigenvalue weighted by Gasteiger charge is 2.29. The second-order valence-corrected chi connectivity index (χ2v) is 6.88. The van der Waals surface area contributed by atoms with E-state index in [1.165, 1.54) is 12.2 Å². The van der Waals surface area contributed by atoms with Crippen LogP contribution in [0.5, 0.6) is 0 Å². The maximum absolute atomic E-state index is 12.7. The molecule has 2 rings (SSSR count). The Morgan fingerprint density at radius 3 is 2.83 bits per heavy atom. The molecular weight excluding hydrogens is 305 g/mol. The molecule has 0 bridgehead atoms. The summed E-state index contributed by atoms with van der Waals surface area (Å²) in [5.74, 6) is 1.31. The minimum atomic E-state index is -0.0867. The summed E-state index contributed by atoms with van der Waals surface area (Å²) in [5, 5.41) is 8.60. The van der Waals surface area contributed by atoms with Crippen molar-refractivity contribution in [1.29, 1.82) is 5.26 Å². The molecule has 4 heteroatoms. The lowest BCUT2D eigenvalue weighted by Crippen LogP contribution is -2.26. The first-order valence-electron chi connectivity index (χ1n) is 9.01. The quantitative estimate of drug-likeness (QED) is 0.410. The van der Waals surface area contributed by atoms with E-state index >= 15 is 0 Å². The molecule has 2 aliphatic rings. The third kappa shape index (κ3) is 5.89. The average Bonchev–Trinajstić information content (AvgIpc) is 2.94. The van der Waals surface area contributed by atoms with Crippen LogP contribution in [0.25, 0.3) is 0 Å². The molecule has 0 radical (unpaired) electrons. The van der Waals surface area contributed by atoms with E-state index in [1.54, 1.807) is 6.08 Å². The minimum absolute atomic E-state index is 0.0867. The lowest BCUT2D eigenvalue weighted by Gasteiger charge is -2.25. The predicted molar refractivity (Wildman–Crippen MR) is 92.6 cm³/mol. The highest BCUT2D eigenvalue weighted by Crippen LogP contribution is 2.35. The van der Waals surface area contributed by atoms with Crippen molar-refractivity contribution in [2.24, 2.45) is 17.8 Å². The molecule has 2 fully saturated rings. The Morgan fingerprint density at radius 1 is 1.17 bits per heavy atom. The monoisotopic (exact) mass is 333 g/mol. The van der Waals surface area contributed by atoms with Gasteiger partial charge in [-0.3, -0.25) is 0 Å². The van der Waals surface area contributed by atoms with Crippen molar-refractivity contribution >= 4 is 0 Å². The number of hydrogen-bond donors (Lipinski definition) is 0. The number of nitriles is 1. The molecule has 0 aromatic rings. The smallest absolute Gasteiger partial charge is 0.160 e. The van der Waals surface area contributed by atoms with E-state index in [1.807, 2.05) is 12.1 Å². The zero-order valence-electron chi connectivity index (χ0n) is 14.5. The van der Waals surface area contributed by atoms with Gasteiger partial charge in [-0.1, -0.05) is 25.5 Å². The normalized spacial score (nSPS) is 33.3. The molecule has 1 heterocycles. The van der Waals surface area contributed by atoms with Crippen LogP contribution in [0.1, 0.15) is 45.4 Å². The van der Waals surface area contributed by atoms with Crippen molar-refractivity contribution < 1.29 is 13.9 Å². The van der Waals surface area contributed by atoms with E-state index in [-0.39, 0.29) is 6.29 Å². The zero-order chi connectivity index (χ0) is 17.2. The van der Waals surface area contributed by atoms with Gasteiger partial charge in [0.05, 0.1) is 25.6 Å². The van der Waals surface area contributed by atoms with Gasteiger partial charge >= 0.3 is 0 Å². The van der Waals surface area contributed by atoms with Crippen molar-refractivity contribution in [1.82, 2.24) is 0 Å². The van der Waals surface area contributed by atoms with Crippen LogP contribution < -0.4 is 0 Å². The highest BCUT2D eigenvalue weighted by molar-refractivity contribution is 5.27. The van der Waals surface area contributed by atoms with Gasteiger partial charge in [0, 0.05) is 12.0 Å². The van der Waals surface area contributed by atoms with E-state index in [2.05, 4.69) is 6.92 Å². The number of ether oxygens (including phenoxy) is 2. The molecule has 132 valence electrons. The Morgan fingerprint density at radius 2 is 2.04 bits per heavy atom. The van der Waals surface area contributed by atoms with Crippen molar-refractivity contribution in [2.45, 2.75) is 51.7 Å². The Hall–Kier alpha value is -1.44. The highest BCUT2D eigenvalue weighted by atomic mass is 19.1. The summed E-state index contributed by atoms with van der Waals surface area (Å²) >= 11 is 0. The zero-order valence-corrected chi connectivity index (χ0v) is 14.5. The van der Waals surface area contributed by atoms with Gasteiger partial charge in [0.2, 0.25) is 0 Å². The molecule has 1 aliphatic carbocycles. The fourth-order valence-electron chi connectivity index (χ4n) is 3.59. The first kappa shape index (κ1) is 18.9. The molecule has 1 saturated carbocycles. The maximum atomic E-state index is 12.7. The summed E-state index contributed by atoms with van der Waals surface area (Å²) in [6.45, 7) is 3.75. The van der Waals surface area contributed by atoms with Crippen LogP contribution in [0.2, 0.25) is 0 Å². The topological polar surface area (TPSA) is 42.2 Å². The minimum Gasteiger partial charge on any atom is -0.352 e. The number of hydrogen-bond acceptors (Lipinski definition) is 3. The molecule has 1 aliphatic heterocycles. The molecule has 4 atom stereocenters. The number of rotatable bonds is 4. The van der Waals surface area contributed by atoms with E-state index in [0.717, 1.165) is 57.3 Å². The molecular formula is C20H28FNO2. The van der Waals surface area contributed by atoms with Gasteiger partial charge in [-0.25, -0.2) is 4.39 Å². The Kier molecular flexibility index (Phi) is 8.21. The lowest BCUT2D eigenvalue weighted by atomic mass is 9.90.